The third-order valence-electron chi connectivity index (χ3n) is 5.31. The van der Waals surface area contributed by atoms with Crippen LogP contribution in [-0.4, -0.2) is 35.8 Å². The van der Waals surface area contributed by atoms with E-state index < -0.39 is 17.6 Å². The quantitative estimate of drug-likeness (QED) is 0.404. The second-order valence-electron chi connectivity index (χ2n) is 7.56. The Bertz CT molecular complexity index is 1530. The number of hydrogen-bond acceptors (Lipinski definition) is 7. The van der Waals surface area contributed by atoms with E-state index in [1.54, 1.807) is 25.3 Å². The van der Waals surface area contributed by atoms with Crippen molar-refractivity contribution in [3.05, 3.63) is 83.7 Å². The monoisotopic (exact) mass is 479 g/mol. The summed E-state index contributed by atoms with van der Waals surface area (Å²) in [5.41, 5.74) is -0.0116. The van der Waals surface area contributed by atoms with Gasteiger partial charge in [0.25, 0.3) is 11.6 Å². The van der Waals surface area contributed by atoms with Crippen molar-refractivity contribution in [3.8, 4) is 17.1 Å². The number of hydrogen-bond donors (Lipinski definition) is 1. The third-order valence-corrected chi connectivity index (χ3v) is 5.31. The van der Waals surface area contributed by atoms with E-state index in [0.717, 1.165) is 6.07 Å². The summed E-state index contributed by atoms with van der Waals surface area (Å²) in [6.07, 6.45) is -0.185. The van der Waals surface area contributed by atoms with Crippen molar-refractivity contribution in [3.63, 3.8) is 0 Å². The molecule has 9 nitrogen and oxygen atoms in total. The van der Waals surface area contributed by atoms with E-state index >= 15 is 0 Å². The minimum Gasteiger partial charge on any atom is -0.348 e. The minimum absolute atomic E-state index is 0.0354. The van der Waals surface area contributed by atoms with Gasteiger partial charge >= 0.3 is 6.18 Å². The van der Waals surface area contributed by atoms with Gasteiger partial charge in [-0.1, -0.05) is 29.4 Å². The van der Waals surface area contributed by atoms with Crippen LogP contribution in [0.5, 0.6) is 0 Å². The molecule has 0 saturated heterocycles. The number of halogens is 3. The highest BCUT2D eigenvalue weighted by Gasteiger charge is 2.34. The Kier molecular flexibility index (Phi) is 5.47. The molecule has 0 atom stereocenters. The molecule has 0 aliphatic rings. The number of amides is 1. The van der Waals surface area contributed by atoms with Crippen LogP contribution in [0.15, 0.2) is 65.8 Å². The highest BCUT2D eigenvalue weighted by molar-refractivity contribution is 6.07. The van der Waals surface area contributed by atoms with Gasteiger partial charge in [0.15, 0.2) is 5.82 Å². The molecule has 12 heteroatoms. The molecule has 1 aromatic carbocycles. The molecule has 1 N–H and O–H groups in total. The maximum Gasteiger partial charge on any atom is 0.417 e. The summed E-state index contributed by atoms with van der Waals surface area (Å²) in [5.74, 6) is -0.0611. The highest BCUT2D eigenvalue weighted by atomic mass is 19.4. The summed E-state index contributed by atoms with van der Waals surface area (Å²) < 4.78 is 47.5. The van der Waals surface area contributed by atoms with E-state index in [4.69, 9.17) is 4.52 Å². The van der Waals surface area contributed by atoms with Gasteiger partial charge in [-0.2, -0.15) is 18.3 Å². The third kappa shape index (κ3) is 4.21. The number of carbonyl (C=O) groups is 1. The summed E-state index contributed by atoms with van der Waals surface area (Å²) in [6.45, 7) is 1.70. The number of aryl methyl sites for hydroxylation is 1. The molecular weight excluding hydrogens is 463 g/mol. The first kappa shape index (κ1) is 22.2. The summed E-state index contributed by atoms with van der Waals surface area (Å²) in [4.78, 5) is 25.7. The van der Waals surface area contributed by atoms with Crippen molar-refractivity contribution in [2.45, 2.75) is 19.6 Å². The highest BCUT2D eigenvalue weighted by Crippen LogP contribution is 2.37. The van der Waals surface area contributed by atoms with Crippen molar-refractivity contribution < 1.29 is 22.5 Å². The van der Waals surface area contributed by atoms with Gasteiger partial charge in [-0.15, -0.1) is 0 Å². The van der Waals surface area contributed by atoms with Crippen LogP contribution in [0.25, 0.3) is 28.2 Å². The number of benzene rings is 1. The Morgan fingerprint density at radius 2 is 2.00 bits per heavy atom. The lowest BCUT2D eigenvalue weighted by atomic mass is 10.0. The van der Waals surface area contributed by atoms with E-state index in [0.29, 0.717) is 22.5 Å². The van der Waals surface area contributed by atoms with Crippen molar-refractivity contribution >= 4 is 17.0 Å². The minimum atomic E-state index is -4.61. The van der Waals surface area contributed by atoms with Crippen LogP contribution < -0.4 is 5.32 Å². The standard InChI is InChI=1S/C23H16F3N7O2/c1-13-19-16(21(34)29-10-14-5-4-8-28-20(14)33-12-27-11-30-33)9-18(31-22(19)35-32-13)15-6-2-3-7-17(15)23(24,25)26/h2-9,11-12H,10H2,1H3,(H,29,34). The molecule has 0 fully saturated rings. The largest absolute Gasteiger partial charge is 0.417 e. The van der Waals surface area contributed by atoms with Crippen LogP contribution in [0, 0.1) is 6.92 Å². The first-order valence-electron chi connectivity index (χ1n) is 10.3. The predicted octanol–water partition coefficient (Wildman–Crippen LogP) is 4.12. The fraction of sp³-hybridized carbons (Fsp3) is 0.130. The summed E-state index contributed by atoms with van der Waals surface area (Å²) in [7, 11) is 0. The molecule has 1 amide bonds. The Morgan fingerprint density at radius 3 is 2.77 bits per heavy atom. The summed E-state index contributed by atoms with van der Waals surface area (Å²) >= 11 is 0. The first-order valence-corrected chi connectivity index (χ1v) is 10.3. The van der Waals surface area contributed by atoms with E-state index in [1.165, 1.54) is 41.6 Å². The maximum absolute atomic E-state index is 13.6. The molecule has 4 aromatic heterocycles. The topological polar surface area (TPSA) is 112 Å². The zero-order chi connectivity index (χ0) is 24.6. The maximum atomic E-state index is 13.6. The molecule has 5 rings (SSSR count). The van der Waals surface area contributed by atoms with Gasteiger partial charge in [0, 0.05) is 23.9 Å². The van der Waals surface area contributed by atoms with Crippen LogP contribution in [0.3, 0.4) is 0 Å². The van der Waals surface area contributed by atoms with E-state index in [-0.39, 0.29) is 29.1 Å². The van der Waals surface area contributed by atoms with E-state index in [9.17, 15) is 18.0 Å². The average Bonchev–Trinajstić information content (AvgIpc) is 3.52. The Labute approximate surface area is 195 Å². The van der Waals surface area contributed by atoms with Gasteiger partial charge in [0.05, 0.1) is 27.9 Å². The van der Waals surface area contributed by atoms with Gasteiger partial charge in [0.1, 0.15) is 12.7 Å². The Morgan fingerprint density at radius 1 is 1.17 bits per heavy atom. The van der Waals surface area contributed by atoms with Crippen molar-refractivity contribution in [1.82, 2.24) is 35.2 Å². The number of pyridine rings is 2. The SMILES string of the molecule is Cc1noc2nc(-c3ccccc3C(F)(F)F)cc(C(=O)NCc3cccnc3-n3cncn3)c12. The van der Waals surface area contributed by atoms with Crippen LogP contribution in [0.4, 0.5) is 13.2 Å². The Hall–Kier alpha value is -4.61. The smallest absolute Gasteiger partial charge is 0.348 e. The number of nitrogens with one attached hydrogen (secondary N) is 1. The first-order chi connectivity index (χ1) is 16.8. The lowest BCUT2D eigenvalue weighted by Gasteiger charge is -2.13. The van der Waals surface area contributed by atoms with Gasteiger partial charge < -0.3 is 9.84 Å². The van der Waals surface area contributed by atoms with Crippen molar-refractivity contribution in [2.75, 3.05) is 0 Å². The molecule has 0 spiro atoms. The fourth-order valence-electron chi connectivity index (χ4n) is 3.73. The van der Waals surface area contributed by atoms with Crippen molar-refractivity contribution in [2.24, 2.45) is 0 Å². The van der Waals surface area contributed by atoms with Gasteiger partial charge in [-0.05, 0) is 25.1 Å². The predicted molar refractivity (Wildman–Crippen MR) is 117 cm³/mol. The molecule has 4 heterocycles. The van der Waals surface area contributed by atoms with E-state index in [1.807, 2.05) is 0 Å². The molecule has 0 radical (unpaired) electrons. The molecule has 176 valence electrons. The fourth-order valence-corrected chi connectivity index (χ4v) is 3.73. The number of rotatable bonds is 5. The van der Waals surface area contributed by atoms with Crippen LogP contribution in [-0.2, 0) is 12.7 Å². The summed E-state index contributed by atoms with van der Waals surface area (Å²) in [6, 6.07) is 9.80. The second kappa shape index (κ2) is 8.63. The average molecular weight is 479 g/mol. The van der Waals surface area contributed by atoms with Gasteiger partial charge in [-0.3, -0.25) is 4.79 Å². The number of nitrogens with zero attached hydrogens (tertiary/aromatic N) is 6. The van der Waals surface area contributed by atoms with Crippen LogP contribution >= 0.6 is 0 Å². The Balaban J connectivity index is 1.53. The zero-order valence-corrected chi connectivity index (χ0v) is 18.1. The molecule has 0 saturated carbocycles. The number of carbonyl (C=O) groups excluding carboxylic acids is 1. The molecule has 0 aliphatic heterocycles. The lowest BCUT2D eigenvalue weighted by molar-refractivity contribution is -0.137. The number of aromatic nitrogens is 6. The molecule has 0 aliphatic carbocycles. The molecule has 35 heavy (non-hydrogen) atoms. The number of fused-ring (bicyclic) bond motifs is 1. The molecule has 0 unspecified atom stereocenters. The zero-order valence-electron chi connectivity index (χ0n) is 18.1. The number of alkyl halides is 3. The lowest BCUT2D eigenvalue weighted by Crippen LogP contribution is -2.24. The normalized spacial score (nSPS) is 11.7. The second-order valence-corrected chi connectivity index (χ2v) is 7.56. The van der Waals surface area contributed by atoms with E-state index in [2.05, 4.69) is 30.5 Å². The molecular formula is C23H16F3N7O2. The van der Waals surface area contributed by atoms with Crippen molar-refractivity contribution in [1.29, 1.82) is 0 Å². The van der Waals surface area contributed by atoms with Crippen LogP contribution in [0.1, 0.15) is 27.2 Å². The van der Waals surface area contributed by atoms with Gasteiger partial charge in [-0.25, -0.2) is 19.6 Å². The van der Waals surface area contributed by atoms with Gasteiger partial charge in [0.2, 0.25) is 0 Å². The molecule has 0 bridgehead atoms. The molecule has 5 aromatic rings. The summed E-state index contributed by atoms with van der Waals surface area (Å²) in [5, 5.41) is 11.0. The van der Waals surface area contributed by atoms with Crippen LogP contribution in [0.2, 0.25) is 0 Å².